The summed E-state index contributed by atoms with van der Waals surface area (Å²) in [5.74, 6) is 0.283. The molecule has 0 atom stereocenters. The number of rotatable bonds is 1. The molecule has 0 unspecified atom stereocenters. The van der Waals surface area contributed by atoms with Crippen molar-refractivity contribution in [3.05, 3.63) is 40.3 Å². The Bertz CT molecular complexity index is 603. The molecule has 0 aliphatic heterocycles. The highest BCUT2D eigenvalue weighted by atomic mass is 35.5. The molecule has 2 aromatic rings. The number of aromatic nitrogens is 1. The van der Waals surface area contributed by atoms with Crippen molar-refractivity contribution in [2.45, 2.75) is 38.5 Å². The van der Waals surface area contributed by atoms with E-state index < -0.39 is 0 Å². The van der Waals surface area contributed by atoms with Crippen molar-refractivity contribution in [1.29, 1.82) is 0 Å². The zero-order valence-corrected chi connectivity index (χ0v) is 11.1. The lowest BCUT2D eigenvalue weighted by atomic mass is 10.0. The smallest absolute Gasteiger partial charge is 0.128 e. The molecule has 3 rings (SSSR count). The van der Waals surface area contributed by atoms with Gasteiger partial charge in [0.1, 0.15) is 5.82 Å². The van der Waals surface area contributed by atoms with Crippen LogP contribution in [-0.4, -0.2) is 4.98 Å². The van der Waals surface area contributed by atoms with Gasteiger partial charge in [-0.25, -0.2) is 4.39 Å². The van der Waals surface area contributed by atoms with Gasteiger partial charge in [-0.05, 0) is 37.5 Å². The van der Waals surface area contributed by atoms with Crippen LogP contribution in [0.3, 0.4) is 0 Å². The van der Waals surface area contributed by atoms with Crippen molar-refractivity contribution in [2.75, 3.05) is 0 Å². The molecule has 0 bridgehead atoms. The minimum Gasteiger partial charge on any atom is -0.252 e. The van der Waals surface area contributed by atoms with E-state index in [1.165, 1.54) is 31.7 Å². The summed E-state index contributed by atoms with van der Waals surface area (Å²) in [7, 11) is 0. The number of pyridine rings is 1. The Morgan fingerprint density at radius 3 is 2.67 bits per heavy atom. The van der Waals surface area contributed by atoms with Crippen LogP contribution < -0.4 is 0 Å². The minimum atomic E-state index is -0.213. The average molecular weight is 264 g/mol. The van der Waals surface area contributed by atoms with Crippen LogP contribution in [0.25, 0.3) is 10.9 Å². The summed E-state index contributed by atoms with van der Waals surface area (Å²) < 4.78 is 13.6. The monoisotopic (exact) mass is 263 g/mol. The molecule has 0 radical (unpaired) electrons. The van der Waals surface area contributed by atoms with Crippen LogP contribution in [0.5, 0.6) is 0 Å². The largest absolute Gasteiger partial charge is 0.252 e. The third kappa shape index (κ3) is 1.99. The fourth-order valence-corrected chi connectivity index (χ4v) is 3.03. The Labute approximate surface area is 111 Å². The second-order valence-electron chi connectivity index (χ2n) is 5.13. The molecule has 1 aliphatic rings. The van der Waals surface area contributed by atoms with Crippen molar-refractivity contribution < 1.29 is 4.39 Å². The summed E-state index contributed by atoms with van der Waals surface area (Å²) in [6, 6.07) is 5.23. The summed E-state index contributed by atoms with van der Waals surface area (Å²) in [5, 5.41) is 1.53. The Hall–Kier alpha value is -1.15. The molecule has 1 aliphatic carbocycles. The van der Waals surface area contributed by atoms with Gasteiger partial charge in [-0.1, -0.05) is 24.4 Å². The van der Waals surface area contributed by atoms with Gasteiger partial charge in [-0.3, -0.25) is 4.98 Å². The van der Waals surface area contributed by atoms with Crippen molar-refractivity contribution >= 4 is 22.5 Å². The lowest BCUT2D eigenvalue weighted by Gasteiger charge is -2.11. The minimum absolute atomic E-state index is 0.213. The van der Waals surface area contributed by atoms with E-state index in [0.717, 1.165) is 11.1 Å². The molecule has 0 N–H and O–H groups in total. The van der Waals surface area contributed by atoms with Crippen molar-refractivity contribution in [1.82, 2.24) is 4.98 Å². The van der Waals surface area contributed by atoms with Crippen LogP contribution >= 0.6 is 11.6 Å². The summed E-state index contributed by atoms with van der Waals surface area (Å²) in [5.41, 5.74) is 2.31. The van der Waals surface area contributed by atoms with E-state index in [4.69, 9.17) is 11.6 Å². The first-order valence-electron chi connectivity index (χ1n) is 6.41. The molecule has 18 heavy (non-hydrogen) atoms. The van der Waals surface area contributed by atoms with Crippen LogP contribution in [0.4, 0.5) is 4.39 Å². The molecule has 1 heterocycles. The zero-order valence-electron chi connectivity index (χ0n) is 10.3. The highest BCUT2D eigenvalue weighted by Gasteiger charge is 2.19. The number of fused-ring (bicyclic) bond motifs is 1. The highest BCUT2D eigenvalue weighted by Crippen LogP contribution is 2.36. The van der Waals surface area contributed by atoms with Crippen LogP contribution in [0.1, 0.15) is 42.9 Å². The first-order chi connectivity index (χ1) is 8.65. The standard InChI is InChI=1S/C15H15ClFN/c1-9-6-11-12(16)7-14(10-4-2-3-5-10)18-15(11)8-13(9)17/h6-8,10H,2-5H2,1H3. The maximum atomic E-state index is 13.6. The van der Waals surface area contributed by atoms with Gasteiger partial charge in [-0.2, -0.15) is 0 Å². The molecule has 1 fully saturated rings. The lowest BCUT2D eigenvalue weighted by molar-refractivity contribution is 0.620. The number of hydrogen-bond donors (Lipinski definition) is 0. The number of halogens is 2. The second kappa shape index (κ2) is 4.51. The van der Waals surface area contributed by atoms with Crippen molar-refractivity contribution in [2.24, 2.45) is 0 Å². The fourth-order valence-electron chi connectivity index (χ4n) is 2.76. The van der Waals surface area contributed by atoms with E-state index in [2.05, 4.69) is 4.98 Å². The fraction of sp³-hybridized carbons (Fsp3) is 0.400. The molecule has 94 valence electrons. The third-order valence-electron chi connectivity index (χ3n) is 3.83. The predicted octanol–water partition coefficient (Wildman–Crippen LogP) is 4.99. The van der Waals surface area contributed by atoms with E-state index in [0.29, 0.717) is 22.0 Å². The van der Waals surface area contributed by atoms with Crippen LogP contribution in [0.15, 0.2) is 18.2 Å². The van der Waals surface area contributed by atoms with Gasteiger partial charge in [-0.15, -0.1) is 0 Å². The first-order valence-corrected chi connectivity index (χ1v) is 6.79. The number of nitrogens with zero attached hydrogens (tertiary/aromatic N) is 1. The Morgan fingerprint density at radius 1 is 1.22 bits per heavy atom. The highest BCUT2D eigenvalue weighted by molar-refractivity contribution is 6.35. The van der Waals surface area contributed by atoms with Gasteiger partial charge in [0, 0.05) is 23.1 Å². The van der Waals surface area contributed by atoms with Gasteiger partial charge in [0.05, 0.1) is 10.5 Å². The summed E-state index contributed by atoms with van der Waals surface area (Å²) >= 11 is 6.30. The SMILES string of the molecule is Cc1cc2c(Cl)cc(C3CCCC3)nc2cc1F. The van der Waals surface area contributed by atoms with E-state index in [9.17, 15) is 4.39 Å². The first kappa shape index (κ1) is 11.9. The molecule has 1 aromatic heterocycles. The van der Waals surface area contributed by atoms with E-state index in [1.807, 2.05) is 6.07 Å². The normalized spacial score (nSPS) is 16.6. The van der Waals surface area contributed by atoms with E-state index in [-0.39, 0.29) is 5.82 Å². The lowest BCUT2D eigenvalue weighted by Crippen LogP contribution is -1.98. The van der Waals surface area contributed by atoms with Crippen LogP contribution in [0, 0.1) is 12.7 Å². The molecular formula is C15H15ClFN. The number of hydrogen-bond acceptors (Lipinski definition) is 1. The molecule has 3 heteroatoms. The molecular weight excluding hydrogens is 249 g/mol. The van der Waals surface area contributed by atoms with Crippen molar-refractivity contribution in [3.8, 4) is 0 Å². The van der Waals surface area contributed by atoms with Crippen molar-refractivity contribution in [3.63, 3.8) is 0 Å². The third-order valence-corrected chi connectivity index (χ3v) is 4.14. The molecule has 0 saturated heterocycles. The van der Waals surface area contributed by atoms with Crippen LogP contribution in [0.2, 0.25) is 5.02 Å². The Balaban J connectivity index is 2.16. The maximum absolute atomic E-state index is 13.6. The average Bonchev–Trinajstić information content (AvgIpc) is 2.85. The molecule has 1 nitrogen and oxygen atoms in total. The zero-order chi connectivity index (χ0) is 12.7. The van der Waals surface area contributed by atoms with E-state index in [1.54, 1.807) is 13.0 Å². The predicted molar refractivity (Wildman–Crippen MR) is 72.7 cm³/mol. The van der Waals surface area contributed by atoms with Crippen LogP contribution in [-0.2, 0) is 0 Å². The number of aryl methyl sites for hydroxylation is 1. The van der Waals surface area contributed by atoms with Gasteiger partial charge in [0.2, 0.25) is 0 Å². The quantitative estimate of drug-likeness (QED) is 0.706. The summed E-state index contributed by atoms with van der Waals surface area (Å²) in [6.07, 6.45) is 4.85. The summed E-state index contributed by atoms with van der Waals surface area (Å²) in [4.78, 5) is 4.60. The Morgan fingerprint density at radius 2 is 1.94 bits per heavy atom. The molecule has 0 spiro atoms. The Kier molecular flexibility index (Phi) is 2.98. The molecule has 1 aromatic carbocycles. The summed E-state index contributed by atoms with van der Waals surface area (Å²) in [6.45, 7) is 1.75. The van der Waals surface area contributed by atoms with Gasteiger partial charge in [0.15, 0.2) is 0 Å². The number of benzene rings is 1. The second-order valence-corrected chi connectivity index (χ2v) is 5.54. The molecule has 1 saturated carbocycles. The van der Waals surface area contributed by atoms with E-state index >= 15 is 0 Å². The van der Waals surface area contributed by atoms with Gasteiger partial charge < -0.3 is 0 Å². The molecule has 0 amide bonds. The van der Waals surface area contributed by atoms with Gasteiger partial charge in [0.25, 0.3) is 0 Å². The maximum Gasteiger partial charge on any atom is 0.128 e. The van der Waals surface area contributed by atoms with Gasteiger partial charge >= 0.3 is 0 Å². The topological polar surface area (TPSA) is 12.9 Å².